The van der Waals surface area contributed by atoms with Gasteiger partial charge in [0, 0.05) is 99.3 Å². The fourth-order valence-electron chi connectivity index (χ4n) is 5.96. The van der Waals surface area contributed by atoms with Crippen LogP contribution in [0.2, 0.25) is 0 Å². The first-order valence-electron chi connectivity index (χ1n) is 23.3. The number of anilines is 4. The largest absolute Gasteiger partial charge is 0.462 e. The van der Waals surface area contributed by atoms with E-state index in [0.29, 0.717) is 0 Å². The number of amides is 4. The van der Waals surface area contributed by atoms with E-state index in [-0.39, 0.29) is 98.6 Å². The first-order valence-corrected chi connectivity index (χ1v) is 24.8. The highest BCUT2D eigenvalue weighted by Gasteiger charge is 2.30. The molecule has 0 atom stereocenters. The Kier molecular flexibility index (Phi) is 26.3. The van der Waals surface area contributed by atoms with Gasteiger partial charge >= 0.3 is 23.9 Å². The van der Waals surface area contributed by atoms with Crippen LogP contribution < -0.4 is 21.3 Å². The van der Waals surface area contributed by atoms with Crippen LogP contribution in [0.15, 0.2) is 94.8 Å². The summed E-state index contributed by atoms with van der Waals surface area (Å²) in [5.41, 5.74) is -1.20. The monoisotopic (exact) mass is 1060 g/mol. The second kappa shape index (κ2) is 31.4. The zero-order chi connectivity index (χ0) is 56.4. The Labute approximate surface area is 434 Å². The van der Waals surface area contributed by atoms with E-state index < -0.39 is 140 Å². The molecular formula is C52H62N4O18S. The summed E-state index contributed by atoms with van der Waals surface area (Å²) in [6.07, 6.45) is -4.42. The minimum atomic E-state index is -5.00. The number of carbonyl (C=O) groups is 12. The molecule has 404 valence electrons. The van der Waals surface area contributed by atoms with Gasteiger partial charge < -0.3 is 40.2 Å². The van der Waals surface area contributed by atoms with Crippen LogP contribution >= 0.6 is 0 Å². The van der Waals surface area contributed by atoms with Gasteiger partial charge in [0.15, 0.2) is 0 Å². The molecule has 0 aliphatic rings. The van der Waals surface area contributed by atoms with Gasteiger partial charge in [0.2, 0.25) is 33.5 Å². The molecule has 2 rings (SSSR count). The van der Waals surface area contributed by atoms with E-state index in [9.17, 15) is 66.0 Å². The Morgan fingerprint density at radius 1 is 0.373 bits per heavy atom. The lowest BCUT2D eigenvalue weighted by Crippen LogP contribution is -2.22. The Hall–Kier alpha value is -8.21. The molecule has 0 spiro atoms. The van der Waals surface area contributed by atoms with Crippen LogP contribution in [0.1, 0.15) is 105 Å². The van der Waals surface area contributed by atoms with E-state index in [1.807, 2.05) is 0 Å². The molecule has 22 nitrogen and oxygen atoms in total. The van der Waals surface area contributed by atoms with Crippen LogP contribution in [0.3, 0.4) is 0 Å². The number of Topliss-reactive ketones (excluding diaryl/α,β-unsaturated/α-hetero) is 4. The summed E-state index contributed by atoms with van der Waals surface area (Å²) in [4.78, 5) is 150. The van der Waals surface area contributed by atoms with Gasteiger partial charge in [-0.2, -0.15) is 0 Å². The molecule has 75 heavy (non-hydrogen) atoms. The van der Waals surface area contributed by atoms with Crippen LogP contribution in [-0.4, -0.2) is 105 Å². The second-order valence-corrected chi connectivity index (χ2v) is 18.8. The third-order valence-electron chi connectivity index (χ3n) is 10.1. The van der Waals surface area contributed by atoms with Crippen molar-refractivity contribution in [2.45, 2.75) is 115 Å². The summed E-state index contributed by atoms with van der Waals surface area (Å²) >= 11 is 0. The molecule has 2 aromatic rings. The van der Waals surface area contributed by atoms with E-state index in [1.165, 1.54) is 52.0 Å². The summed E-state index contributed by atoms with van der Waals surface area (Å²) < 4.78 is 49.7. The molecular weight excluding hydrogens is 1000 g/mol. The minimum Gasteiger partial charge on any atom is -0.462 e. The molecule has 2 aromatic carbocycles. The number of esters is 4. The summed E-state index contributed by atoms with van der Waals surface area (Å²) in [6.45, 7) is 18.3. The highest BCUT2D eigenvalue weighted by atomic mass is 32.2. The summed E-state index contributed by atoms with van der Waals surface area (Å²) in [5.74, 6) is -8.31. The van der Waals surface area contributed by atoms with Crippen molar-refractivity contribution in [2.24, 2.45) is 0 Å². The molecule has 4 N–H and O–H groups in total. The molecule has 0 heterocycles. The molecule has 0 unspecified atom stereocenters. The third-order valence-corrected chi connectivity index (χ3v) is 11.9. The van der Waals surface area contributed by atoms with Crippen LogP contribution in [0.4, 0.5) is 22.7 Å². The normalized spacial score (nSPS) is 10.6. The third kappa shape index (κ3) is 23.0. The number of hydrogen-bond donors (Lipinski definition) is 4. The first-order chi connectivity index (χ1) is 35.2. The van der Waals surface area contributed by atoms with Crippen molar-refractivity contribution in [2.75, 3.05) is 47.7 Å². The molecule has 0 aromatic heterocycles. The molecule has 0 aliphatic carbocycles. The smallest absolute Gasteiger partial charge is 0.333 e. The average Bonchev–Trinajstić information content (AvgIpc) is 3.34. The quantitative estimate of drug-likeness (QED) is 0.0370. The lowest BCUT2D eigenvalue weighted by molar-refractivity contribution is -0.141. The first kappa shape index (κ1) is 62.9. The maximum atomic E-state index is 15.0. The van der Waals surface area contributed by atoms with Crippen LogP contribution in [-0.2, 0) is 86.3 Å². The van der Waals surface area contributed by atoms with Crippen molar-refractivity contribution in [3.63, 3.8) is 0 Å². The SMILES string of the molecule is C=C(C)C(=O)OCCC(=O)CCC(=O)Nc1cccc(S(=O)(=O)c2cccc(NC(=O)CCC(=O)CCOC(=O)C(=C)C)c2NC(=O)CCC(=O)CCOC(=O)C(=C)C)c1NC(=O)CCC(=O)CCOC(=O)C(=C)C. The van der Waals surface area contributed by atoms with Gasteiger partial charge in [0.1, 0.15) is 23.1 Å². The number of benzene rings is 2. The number of sulfone groups is 1. The Bertz CT molecular complexity index is 2560. The van der Waals surface area contributed by atoms with Crippen molar-refractivity contribution in [3.8, 4) is 0 Å². The highest BCUT2D eigenvalue weighted by Crippen LogP contribution is 2.39. The van der Waals surface area contributed by atoms with E-state index in [4.69, 9.17) is 18.9 Å². The van der Waals surface area contributed by atoms with Gasteiger partial charge in [-0.25, -0.2) is 27.6 Å². The summed E-state index contributed by atoms with van der Waals surface area (Å²) in [5, 5.41) is 9.85. The van der Waals surface area contributed by atoms with Gasteiger partial charge in [0.25, 0.3) is 0 Å². The lowest BCUT2D eigenvalue weighted by Gasteiger charge is -2.20. The Balaban J connectivity index is 2.60. The van der Waals surface area contributed by atoms with E-state index in [0.717, 1.165) is 12.1 Å². The van der Waals surface area contributed by atoms with E-state index >= 15 is 0 Å². The van der Waals surface area contributed by atoms with Gasteiger partial charge in [-0.15, -0.1) is 0 Å². The van der Waals surface area contributed by atoms with Crippen molar-refractivity contribution >= 4 is 103 Å². The zero-order valence-corrected chi connectivity index (χ0v) is 43.2. The van der Waals surface area contributed by atoms with E-state index in [1.54, 1.807) is 0 Å². The number of para-hydroxylation sites is 2. The second-order valence-electron chi connectivity index (χ2n) is 16.9. The Morgan fingerprint density at radius 2 is 0.613 bits per heavy atom. The number of ketones is 4. The summed E-state index contributed by atoms with van der Waals surface area (Å²) in [6, 6.07) is 6.96. The van der Waals surface area contributed by atoms with E-state index in [2.05, 4.69) is 47.6 Å². The van der Waals surface area contributed by atoms with Crippen LogP contribution in [0, 0.1) is 0 Å². The Morgan fingerprint density at radius 3 is 0.853 bits per heavy atom. The fraction of sp³-hybridized carbons (Fsp3) is 0.385. The number of rotatable bonds is 34. The fourth-order valence-corrected chi connectivity index (χ4v) is 7.57. The molecule has 0 saturated carbocycles. The van der Waals surface area contributed by atoms with Gasteiger partial charge in [-0.05, 0) is 52.0 Å². The van der Waals surface area contributed by atoms with Crippen molar-refractivity contribution in [1.82, 2.24) is 0 Å². The molecule has 0 radical (unpaired) electrons. The van der Waals surface area contributed by atoms with Gasteiger partial charge in [-0.1, -0.05) is 38.4 Å². The predicted molar refractivity (Wildman–Crippen MR) is 271 cm³/mol. The number of nitrogens with one attached hydrogen (secondary N) is 4. The minimum absolute atomic E-state index is 0.100. The topological polar surface area (TPSA) is 324 Å². The van der Waals surface area contributed by atoms with Gasteiger partial charge in [0.05, 0.1) is 59.0 Å². The summed E-state index contributed by atoms with van der Waals surface area (Å²) in [7, 11) is -5.00. The zero-order valence-electron chi connectivity index (χ0n) is 42.4. The molecule has 0 aliphatic heterocycles. The number of hydrogen-bond acceptors (Lipinski definition) is 18. The number of ether oxygens (including phenoxy) is 4. The maximum absolute atomic E-state index is 15.0. The molecule has 23 heteroatoms. The number of carbonyl (C=O) groups excluding carboxylic acids is 12. The molecule has 0 saturated heterocycles. The van der Waals surface area contributed by atoms with Crippen LogP contribution in [0.25, 0.3) is 0 Å². The predicted octanol–water partition coefficient (Wildman–Crippen LogP) is 5.71. The highest BCUT2D eigenvalue weighted by molar-refractivity contribution is 7.91. The van der Waals surface area contributed by atoms with Crippen LogP contribution in [0.5, 0.6) is 0 Å². The van der Waals surface area contributed by atoms with Crippen molar-refractivity contribution in [3.05, 3.63) is 85.0 Å². The maximum Gasteiger partial charge on any atom is 0.333 e. The molecule has 0 fully saturated rings. The van der Waals surface area contributed by atoms with Crippen molar-refractivity contribution < 1.29 is 84.9 Å². The molecule has 4 amide bonds. The average molecular weight is 1060 g/mol. The molecule has 0 bridgehead atoms. The van der Waals surface area contributed by atoms with Crippen molar-refractivity contribution in [1.29, 1.82) is 0 Å². The standard InChI is InChI=1S/C52H62N4O18S/c1-31(2)49(65)71-27-23-35(57)15-19-43(61)53-39-11-9-13-41(47(39)55-45(63)21-17-37(59)25-29-73-51(67)33(5)6)75(69,70)42-14-10-12-40(54-44(62)20-16-36(58)24-28-72-50(66)32(3)4)48(42)56-46(64)22-18-38(60)26-30-74-52(68)34(7)8/h9-14H,1,3,5,7,15-30H2,2,4,6,8H3,(H,53,61)(H,54,62)(H,55,63)(H,56,64). The van der Waals surface area contributed by atoms with Gasteiger partial charge in [-0.3, -0.25) is 38.4 Å². The lowest BCUT2D eigenvalue weighted by atomic mass is 10.1.